The van der Waals surface area contributed by atoms with Crippen molar-refractivity contribution < 1.29 is 19.4 Å². The highest BCUT2D eigenvalue weighted by Gasteiger charge is 2.17. The van der Waals surface area contributed by atoms with Crippen molar-refractivity contribution in [1.29, 1.82) is 0 Å². The molecule has 0 aliphatic rings. The molecule has 3 N–H and O–H groups in total. The Kier molecular flexibility index (Phi) is 3.85. The molecule has 20 heavy (non-hydrogen) atoms. The molecule has 9 heteroatoms. The molecule has 0 radical (unpaired) electrons. The molecule has 0 aliphatic carbocycles. The number of methoxy groups -OCH3 is 1. The normalized spacial score (nSPS) is 10.1. The van der Waals surface area contributed by atoms with Gasteiger partial charge in [-0.1, -0.05) is 11.6 Å². The number of hydrogen-bond donors (Lipinski definition) is 3. The van der Waals surface area contributed by atoms with Gasteiger partial charge in [0.1, 0.15) is 11.3 Å². The maximum absolute atomic E-state index is 11.8. The summed E-state index contributed by atoms with van der Waals surface area (Å²) < 4.78 is 4.95. The second-order valence-electron chi connectivity index (χ2n) is 3.65. The summed E-state index contributed by atoms with van der Waals surface area (Å²) in [6, 6.07) is 2.52. The molecular formula is C11H9ClN4O4. The maximum Gasteiger partial charge on any atom is 0.339 e. The lowest BCUT2D eigenvalue weighted by Crippen LogP contribution is -2.13. The summed E-state index contributed by atoms with van der Waals surface area (Å²) in [7, 11) is 1.32. The van der Waals surface area contributed by atoms with E-state index in [1.807, 2.05) is 0 Å². The van der Waals surface area contributed by atoms with Gasteiger partial charge in [0.05, 0.1) is 24.0 Å². The van der Waals surface area contributed by atoms with Crippen molar-refractivity contribution in [1.82, 2.24) is 15.4 Å². The number of carboxylic acid groups (broad SMARTS) is 1. The first-order chi connectivity index (χ1) is 9.52. The van der Waals surface area contributed by atoms with Crippen LogP contribution in [0.4, 0.5) is 5.69 Å². The number of anilines is 1. The number of aromatic amines is 1. The van der Waals surface area contributed by atoms with Crippen molar-refractivity contribution in [2.45, 2.75) is 0 Å². The number of aromatic nitrogens is 3. The molecule has 1 aromatic heterocycles. The van der Waals surface area contributed by atoms with Crippen LogP contribution < -0.4 is 10.1 Å². The van der Waals surface area contributed by atoms with Gasteiger partial charge in [0.2, 0.25) is 0 Å². The summed E-state index contributed by atoms with van der Waals surface area (Å²) in [5.74, 6) is -1.64. The number of ether oxygens (including phenoxy) is 1. The number of H-pyrrole nitrogens is 1. The van der Waals surface area contributed by atoms with Gasteiger partial charge in [0, 0.05) is 6.07 Å². The van der Waals surface area contributed by atoms with Gasteiger partial charge in [0.25, 0.3) is 5.91 Å². The van der Waals surface area contributed by atoms with Crippen molar-refractivity contribution in [2.24, 2.45) is 0 Å². The first-order valence-electron chi connectivity index (χ1n) is 5.31. The van der Waals surface area contributed by atoms with Crippen molar-refractivity contribution in [3.05, 3.63) is 34.6 Å². The number of halogens is 1. The molecular weight excluding hydrogens is 288 g/mol. The number of nitrogens with zero attached hydrogens (tertiary/aromatic N) is 2. The zero-order valence-corrected chi connectivity index (χ0v) is 10.9. The molecule has 104 valence electrons. The van der Waals surface area contributed by atoms with Crippen molar-refractivity contribution >= 4 is 29.2 Å². The topological polar surface area (TPSA) is 117 Å². The minimum Gasteiger partial charge on any atom is -0.496 e. The van der Waals surface area contributed by atoms with E-state index in [9.17, 15) is 9.59 Å². The highest BCUT2D eigenvalue weighted by Crippen LogP contribution is 2.31. The first kappa shape index (κ1) is 13.8. The Balaban J connectivity index is 2.33. The van der Waals surface area contributed by atoms with Crippen LogP contribution >= 0.6 is 11.6 Å². The predicted octanol–water partition coefficient (Wildman–Crippen LogP) is 1.42. The third-order valence-electron chi connectivity index (χ3n) is 2.42. The van der Waals surface area contributed by atoms with E-state index in [0.717, 1.165) is 0 Å². The van der Waals surface area contributed by atoms with E-state index in [1.54, 1.807) is 0 Å². The van der Waals surface area contributed by atoms with E-state index in [1.165, 1.54) is 25.4 Å². The standard InChI is InChI=1S/C11H9ClN4O4/c1-20-9-3-7(6(12)2-5(9)11(18)19)14-10(17)8-4-13-16-15-8/h2-4H,1H3,(H,14,17)(H,18,19)(H,13,15,16). The lowest BCUT2D eigenvalue weighted by molar-refractivity contribution is 0.0693. The van der Waals surface area contributed by atoms with E-state index in [2.05, 4.69) is 20.7 Å². The number of carboxylic acids is 1. The van der Waals surface area contributed by atoms with Crippen LogP contribution in [-0.4, -0.2) is 39.5 Å². The molecule has 0 fully saturated rings. The first-order valence-corrected chi connectivity index (χ1v) is 5.68. The van der Waals surface area contributed by atoms with Gasteiger partial charge in [-0.2, -0.15) is 15.4 Å². The number of benzene rings is 1. The van der Waals surface area contributed by atoms with E-state index in [-0.39, 0.29) is 27.7 Å². The summed E-state index contributed by atoms with van der Waals surface area (Å²) in [6.45, 7) is 0. The molecule has 1 aromatic carbocycles. The van der Waals surface area contributed by atoms with Crippen LogP contribution in [0, 0.1) is 0 Å². The minimum atomic E-state index is -1.18. The van der Waals surface area contributed by atoms with Crippen molar-refractivity contribution in [2.75, 3.05) is 12.4 Å². The minimum absolute atomic E-state index is 0.0695. The van der Waals surface area contributed by atoms with Crippen LogP contribution in [0.15, 0.2) is 18.3 Å². The fourth-order valence-electron chi connectivity index (χ4n) is 1.48. The number of aromatic carboxylic acids is 1. The quantitative estimate of drug-likeness (QED) is 0.785. The van der Waals surface area contributed by atoms with Gasteiger partial charge < -0.3 is 15.2 Å². The Morgan fingerprint density at radius 2 is 2.20 bits per heavy atom. The van der Waals surface area contributed by atoms with Crippen molar-refractivity contribution in [3.63, 3.8) is 0 Å². The average molecular weight is 297 g/mol. The van der Waals surface area contributed by atoms with Crippen LogP contribution in [0.25, 0.3) is 0 Å². The molecule has 1 heterocycles. The molecule has 2 rings (SSSR count). The zero-order chi connectivity index (χ0) is 14.7. The molecule has 0 unspecified atom stereocenters. The van der Waals surface area contributed by atoms with E-state index in [0.29, 0.717) is 0 Å². The van der Waals surface area contributed by atoms with Gasteiger partial charge in [-0.05, 0) is 6.07 Å². The molecule has 0 saturated heterocycles. The molecule has 0 aliphatic heterocycles. The third-order valence-corrected chi connectivity index (χ3v) is 2.73. The second kappa shape index (κ2) is 5.57. The van der Waals surface area contributed by atoms with Gasteiger partial charge in [-0.3, -0.25) is 4.79 Å². The van der Waals surface area contributed by atoms with E-state index >= 15 is 0 Å². The summed E-state index contributed by atoms with van der Waals surface area (Å²) >= 11 is 5.93. The predicted molar refractivity (Wildman–Crippen MR) is 69.3 cm³/mol. The number of nitrogens with one attached hydrogen (secondary N) is 2. The molecule has 0 spiro atoms. The third kappa shape index (κ3) is 2.69. The van der Waals surface area contributed by atoms with Crippen molar-refractivity contribution in [3.8, 4) is 5.75 Å². The fourth-order valence-corrected chi connectivity index (χ4v) is 1.69. The van der Waals surface area contributed by atoms with E-state index < -0.39 is 11.9 Å². The largest absolute Gasteiger partial charge is 0.496 e. The van der Waals surface area contributed by atoms with Crippen LogP contribution in [0.3, 0.4) is 0 Å². The summed E-state index contributed by atoms with van der Waals surface area (Å²) in [6.07, 6.45) is 1.24. The van der Waals surface area contributed by atoms with Gasteiger partial charge in [-0.25, -0.2) is 4.79 Å². The molecule has 2 aromatic rings. The molecule has 0 bridgehead atoms. The maximum atomic E-state index is 11.8. The highest BCUT2D eigenvalue weighted by molar-refractivity contribution is 6.34. The number of hydrogen-bond acceptors (Lipinski definition) is 5. The monoisotopic (exact) mass is 296 g/mol. The lowest BCUT2D eigenvalue weighted by Gasteiger charge is -2.10. The number of carbonyl (C=O) groups is 2. The van der Waals surface area contributed by atoms with Gasteiger partial charge >= 0.3 is 5.97 Å². The number of amides is 1. The number of rotatable bonds is 4. The smallest absolute Gasteiger partial charge is 0.339 e. The lowest BCUT2D eigenvalue weighted by atomic mass is 10.1. The molecule has 8 nitrogen and oxygen atoms in total. The Morgan fingerprint density at radius 3 is 2.75 bits per heavy atom. The fraction of sp³-hybridized carbons (Fsp3) is 0.0909. The molecule has 0 atom stereocenters. The molecule has 0 saturated carbocycles. The zero-order valence-electron chi connectivity index (χ0n) is 10.2. The summed E-state index contributed by atoms with van der Waals surface area (Å²) in [5, 5.41) is 21.0. The van der Waals surface area contributed by atoms with Gasteiger partial charge in [-0.15, -0.1) is 0 Å². The van der Waals surface area contributed by atoms with Crippen LogP contribution in [-0.2, 0) is 0 Å². The van der Waals surface area contributed by atoms with Gasteiger partial charge in [0.15, 0.2) is 5.69 Å². The Hall–Kier alpha value is -2.61. The van der Waals surface area contributed by atoms with Crippen LogP contribution in [0.2, 0.25) is 5.02 Å². The SMILES string of the molecule is COc1cc(NC(=O)c2cn[nH]n2)c(Cl)cc1C(=O)O. The average Bonchev–Trinajstić information content (AvgIpc) is 2.94. The Morgan fingerprint density at radius 1 is 1.45 bits per heavy atom. The highest BCUT2D eigenvalue weighted by atomic mass is 35.5. The Labute approximate surface area is 117 Å². The van der Waals surface area contributed by atoms with E-state index in [4.69, 9.17) is 21.4 Å². The van der Waals surface area contributed by atoms with Crippen LogP contribution in [0.1, 0.15) is 20.8 Å². The van der Waals surface area contributed by atoms with Crippen LogP contribution in [0.5, 0.6) is 5.75 Å². The Bertz CT molecular complexity index is 657. The summed E-state index contributed by atoms with van der Waals surface area (Å²) in [5.41, 5.74) is 0.181. The molecule has 1 amide bonds. The second-order valence-corrected chi connectivity index (χ2v) is 4.05. The number of carbonyl (C=O) groups excluding carboxylic acids is 1. The summed E-state index contributed by atoms with van der Waals surface area (Å²) in [4.78, 5) is 22.8.